The molecule has 0 aliphatic heterocycles. The normalized spacial score (nSPS) is 11.1. The molecule has 27 heavy (non-hydrogen) atoms. The molecule has 3 rings (SSSR count). The molecule has 0 aliphatic rings. The van der Waals surface area contributed by atoms with Crippen LogP contribution < -0.4 is 10.6 Å². The third-order valence-electron chi connectivity index (χ3n) is 3.73. The Morgan fingerprint density at radius 1 is 0.926 bits per heavy atom. The lowest BCUT2D eigenvalue weighted by Gasteiger charge is -2.24. The van der Waals surface area contributed by atoms with Crippen molar-refractivity contribution in [2.45, 2.75) is 33.2 Å². The van der Waals surface area contributed by atoms with Crippen molar-refractivity contribution in [3.63, 3.8) is 0 Å². The van der Waals surface area contributed by atoms with E-state index in [1.165, 1.54) is 6.33 Å². The van der Waals surface area contributed by atoms with Gasteiger partial charge in [-0.05, 0) is 33.8 Å². The van der Waals surface area contributed by atoms with Gasteiger partial charge in [-0.3, -0.25) is 5.41 Å². The van der Waals surface area contributed by atoms with E-state index in [4.69, 9.17) is 5.41 Å². The molecule has 0 saturated heterocycles. The van der Waals surface area contributed by atoms with Gasteiger partial charge in [0, 0.05) is 23.5 Å². The molecular formula is C20H23N7. The number of aryl methyl sites for hydroxylation is 1. The standard InChI is InChI=1S/C20H23N7/c1-13-6-8-14(9-7-13)16(21)15-17(26-19-22-10-5-11-23-19)24-12-25-18(15)27-20(2,3)4/h5-12,21H,1-4H3,(H2,22,23,24,25,26,27). The number of hydrogen-bond acceptors (Lipinski definition) is 7. The number of nitrogens with one attached hydrogen (secondary N) is 3. The minimum Gasteiger partial charge on any atom is -0.365 e. The predicted molar refractivity (Wildman–Crippen MR) is 108 cm³/mol. The first-order chi connectivity index (χ1) is 12.8. The number of nitrogens with zero attached hydrogens (tertiary/aromatic N) is 4. The zero-order valence-electron chi connectivity index (χ0n) is 15.9. The number of anilines is 3. The summed E-state index contributed by atoms with van der Waals surface area (Å²) in [5.74, 6) is 1.48. The second-order valence-corrected chi connectivity index (χ2v) is 7.26. The first kappa shape index (κ1) is 18.4. The van der Waals surface area contributed by atoms with Gasteiger partial charge in [-0.15, -0.1) is 0 Å². The van der Waals surface area contributed by atoms with Crippen molar-refractivity contribution in [2.24, 2.45) is 0 Å². The molecular weight excluding hydrogens is 338 g/mol. The smallest absolute Gasteiger partial charge is 0.228 e. The largest absolute Gasteiger partial charge is 0.365 e. The van der Waals surface area contributed by atoms with E-state index < -0.39 is 0 Å². The van der Waals surface area contributed by atoms with Crippen LogP contribution in [0.4, 0.5) is 17.6 Å². The van der Waals surface area contributed by atoms with Crippen LogP contribution in [0.2, 0.25) is 0 Å². The number of aromatic nitrogens is 4. The highest BCUT2D eigenvalue weighted by atomic mass is 15.2. The van der Waals surface area contributed by atoms with Crippen molar-refractivity contribution in [1.82, 2.24) is 19.9 Å². The summed E-state index contributed by atoms with van der Waals surface area (Å²) in [6.45, 7) is 8.15. The molecule has 0 saturated carbocycles. The SMILES string of the molecule is Cc1ccc(C(=N)c2c(Nc3ncccn3)ncnc2NC(C)(C)C)cc1. The van der Waals surface area contributed by atoms with Crippen LogP contribution in [0.3, 0.4) is 0 Å². The molecule has 3 N–H and O–H groups in total. The molecule has 0 atom stereocenters. The molecule has 7 nitrogen and oxygen atoms in total. The Morgan fingerprint density at radius 2 is 1.56 bits per heavy atom. The molecule has 0 unspecified atom stereocenters. The summed E-state index contributed by atoms with van der Waals surface area (Å²) in [6.07, 6.45) is 4.76. The van der Waals surface area contributed by atoms with E-state index in [9.17, 15) is 0 Å². The van der Waals surface area contributed by atoms with Gasteiger partial charge in [0.1, 0.15) is 18.0 Å². The van der Waals surface area contributed by atoms with Gasteiger partial charge in [-0.25, -0.2) is 19.9 Å². The Balaban J connectivity index is 2.08. The number of rotatable bonds is 5. The fourth-order valence-corrected chi connectivity index (χ4v) is 2.50. The van der Waals surface area contributed by atoms with Crippen LogP contribution in [0.25, 0.3) is 0 Å². The van der Waals surface area contributed by atoms with Gasteiger partial charge in [-0.2, -0.15) is 0 Å². The maximum atomic E-state index is 8.80. The van der Waals surface area contributed by atoms with Gasteiger partial charge in [0.05, 0.1) is 11.3 Å². The second kappa shape index (κ2) is 7.49. The van der Waals surface area contributed by atoms with E-state index in [2.05, 4.69) is 30.6 Å². The quantitative estimate of drug-likeness (QED) is 0.595. The molecule has 2 heterocycles. The maximum absolute atomic E-state index is 8.80. The average molecular weight is 361 g/mol. The van der Waals surface area contributed by atoms with Crippen molar-refractivity contribution in [1.29, 1.82) is 5.41 Å². The van der Waals surface area contributed by atoms with E-state index in [-0.39, 0.29) is 5.54 Å². The third kappa shape index (κ3) is 4.63. The average Bonchev–Trinajstić information content (AvgIpc) is 2.62. The lowest BCUT2D eigenvalue weighted by molar-refractivity contribution is 0.630. The third-order valence-corrected chi connectivity index (χ3v) is 3.73. The molecule has 0 aliphatic carbocycles. The molecule has 0 amide bonds. The van der Waals surface area contributed by atoms with E-state index in [1.807, 2.05) is 52.0 Å². The first-order valence-electron chi connectivity index (χ1n) is 8.67. The lowest BCUT2D eigenvalue weighted by atomic mass is 10.0. The van der Waals surface area contributed by atoms with Gasteiger partial charge in [-0.1, -0.05) is 29.8 Å². The number of benzene rings is 1. The van der Waals surface area contributed by atoms with Gasteiger partial charge in [0.2, 0.25) is 5.95 Å². The van der Waals surface area contributed by atoms with Crippen LogP contribution >= 0.6 is 0 Å². The minimum absolute atomic E-state index is 0.225. The van der Waals surface area contributed by atoms with Gasteiger partial charge >= 0.3 is 0 Å². The second-order valence-electron chi connectivity index (χ2n) is 7.26. The Bertz CT molecular complexity index is 929. The summed E-state index contributed by atoms with van der Waals surface area (Å²) in [7, 11) is 0. The van der Waals surface area contributed by atoms with E-state index in [0.29, 0.717) is 28.9 Å². The summed E-state index contributed by atoms with van der Waals surface area (Å²) in [4.78, 5) is 17.1. The van der Waals surface area contributed by atoms with Crippen LogP contribution in [-0.2, 0) is 0 Å². The van der Waals surface area contributed by atoms with E-state index >= 15 is 0 Å². The molecule has 0 bridgehead atoms. The zero-order valence-corrected chi connectivity index (χ0v) is 15.9. The van der Waals surface area contributed by atoms with Crippen LogP contribution in [0, 0.1) is 12.3 Å². The molecule has 1 aromatic carbocycles. The lowest BCUT2D eigenvalue weighted by Crippen LogP contribution is -2.28. The van der Waals surface area contributed by atoms with Crippen LogP contribution in [0.1, 0.15) is 37.5 Å². The highest BCUT2D eigenvalue weighted by molar-refractivity contribution is 6.16. The summed E-state index contributed by atoms with van der Waals surface area (Å²) >= 11 is 0. The summed E-state index contributed by atoms with van der Waals surface area (Å²) in [5.41, 5.74) is 2.59. The van der Waals surface area contributed by atoms with Crippen molar-refractivity contribution in [3.05, 3.63) is 65.7 Å². The van der Waals surface area contributed by atoms with E-state index in [0.717, 1.165) is 11.1 Å². The Morgan fingerprint density at radius 3 is 2.19 bits per heavy atom. The van der Waals surface area contributed by atoms with Gasteiger partial charge in [0.15, 0.2) is 0 Å². The highest BCUT2D eigenvalue weighted by Gasteiger charge is 2.21. The molecule has 0 fully saturated rings. The fraction of sp³-hybridized carbons (Fsp3) is 0.250. The first-order valence-corrected chi connectivity index (χ1v) is 8.67. The molecule has 0 radical (unpaired) electrons. The molecule has 7 heteroatoms. The molecule has 2 aromatic heterocycles. The van der Waals surface area contributed by atoms with Gasteiger partial charge < -0.3 is 10.6 Å². The Labute approximate surface area is 158 Å². The minimum atomic E-state index is -0.225. The maximum Gasteiger partial charge on any atom is 0.228 e. The molecule has 138 valence electrons. The fourth-order valence-electron chi connectivity index (χ4n) is 2.50. The Hall–Kier alpha value is -3.35. The van der Waals surface area contributed by atoms with E-state index in [1.54, 1.807) is 18.5 Å². The summed E-state index contributed by atoms with van der Waals surface area (Å²) < 4.78 is 0. The van der Waals surface area contributed by atoms with Crippen LogP contribution in [0.15, 0.2) is 49.1 Å². The monoisotopic (exact) mass is 361 g/mol. The molecule has 0 spiro atoms. The zero-order chi connectivity index (χ0) is 19.4. The van der Waals surface area contributed by atoms with Crippen LogP contribution in [0.5, 0.6) is 0 Å². The number of hydrogen-bond donors (Lipinski definition) is 3. The predicted octanol–water partition coefficient (Wildman–Crippen LogP) is 3.95. The van der Waals surface area contributed by atoms with Gasteiger partial charge in [0.25, 0.3) is 0 Å². The van der Waals surface area contributed by atoms with Crippen molar-refractivity contribution < 1.29 is 0 Å². The highest BCUT2D eigenvalue weighted by Crippen LogP contribution is 2.27. The summed E-state index contributed by atoms with van der Waals surface area (Å²) in [6, 6.07) is 9.56. The van der Waals surface area contributed by atoms with Crippen molar-refractivity contribution in [2.75, 3.05) is 10.6 Å². The molecule has 3 aromatic rings. The summed E-state index contributed by atoms with van der Waals surface area (Å²) in [5, 5.41) is 15.3. The van der Waals surface area contributed by atoms with Crippen molar-refractivity contribution >= 4 is 23.3 Å². The van der Waals surface area contributed by atoms with Crippen LogP contribution in [-0.4, -0.2) is 31.2 Å². The van der Waals surface area contributed by atoms with Crippen molar-refractivity contribution in [3.8, 4) is 0 Å². The topological polar surface area (TPSA) is 99.5 Å². The Kier molecular flexibility index (Phi) is 5.12.